The molecule has 2 nitrogen and oxygen atoms in total. The Kier molecular flexibility index (Phi) is 1.94. The van der Waals surface area contributed by atoms with Gasteiger partial charge < -0.3 is 4.74 Å². The maximum Gasteiger partial charge on any atom is 0.311 e. The second-order valence-corrected chi connectivity index (χ2v) is 5.79. The quantitative estimate of drug-likeness (QED) is 0.647. The molecule has 4 rings (SSSR count). The molecular weight excluding hydrogens is 214 g/mol. The van der Waals surface area contributed by atoms with Crippen molar-refractivity contribution >= 4 is 5.97 Å². The van der Waals surface area contributed by atoms with Gasteiger partial charge >= 0.3 is 5.97 Å². The van der Waals surface area contributed by atoms with E-state index in [1.165, 1.54) is 7.11 Å². The number of hydrogen-bond donors (Lipinski definition) is 0. The van der Waals surface area contributed by atoms with Gasteiger partial charge in [-0.25, -0.2) is 8.78 Å². The molecule has 0 aromatic rings. The zero-order valence-electron chi connectivity index (χ0n) is 9.34. The van der Waals surface area contributed by atoms with E-state index in [9.17, 15) is 13.6 Å². The van der Waals surface area contributed by atoms with Gasteiger partial charge in [-0.05, 0) is 38.0 Å². The Hall–Kier alpha value is -0.670. The summed E-state index contributed by atoms with van der Waals surface area (Å²) < 4.78 is 32.6. The van der Waals surface area contributed by atoms with Gasteiger partial charge in [0.2, 0.25) is 0 Å². The molecule has 0 amide bonds. The number of halogens is 2. The van der Waals surface area contributed by atoms with Crippen molar-refractivity contribution < 1.29 is 18.3 Å². The lowest BCUT2D eigenvalue weighted by Crippen LogP contribution is -2.59. The highest BCUT2D eigenvalue weighted by Crippen LogP contribution is 2.65. The van der Waals surface area contributed by atoms with Crippen LogP contribution in [-0.2, 0) is 9.53 Å². The lowest BCUT2D eigenvalue weighted by atomic mass is 9.48. The third-order valence-electron chi connectivity index (χ3n) is 4.90. The Labute approximate surface area is 93.3 Å². The summed E-state index contributed by atoms with van der Waals surface area (Å²) in [6.45, 7) is 0. The maximum absolute atomic E-state index is 13.9. The lowest BCUT2D eigenvalue weighted by molar-refractivity contribution is -0.231. The summed E-state index contributed by atoms with van der Waals surface area (Å²) in [6, 6.07) is 0. The van der Waals surface area contributed by atoms with Crippen molar-refractivity contribution in [1.29, 1.82) is 0 Å². The summed E-state index contributed by atoms with van der Waals surface area (Å²) >= 11 is 0. The fourth-order valence-electron chi connectivity index (χ4n) is 4.37. The average molecular weight is 230 g/mol. The topological polar surface area (TPSA) is 26.3 Å². The summed E-state index contributed by atoms with van der Waals surface area (Å²) in [7, 11) is 1.36. The highest BCUT2D eigenvalue weighted by Gasteiger charge is 2.66. The molecule has 0 radical (unpaired) electrons. The van der Waals surface area contributed by atoms with Gasteiger partial charge in [0.15, 0.2) is 0 Å². The molecule has 4 fully saturated rings. The zero-order valence-corrected chi connectivity index (χ0v) is 9.34. The molecular formula is C12H16F2O2. The van der Waals surface area contributed by atoms with E-state index in [1.54, 1.807) is 0 Å². The average Bonchev–Trinajstić information content (AvgIpc) is 2.24. The van der Waals surface area contributed by atoms with Crippen LogP contribution in [0, 0.1) is 23.2 Å². The third-order valence-corrected chi connectivity index (χ3v) is 4.90. The van der Waals surface area contributed by atoms with Gasteiger partial charge in [0.1, 0.15) is 0 Å². The molecule has 4 bridgehead atoms. The van der Waals surface area contributed by atoms with E-state index in [1.807, 2.05) is 0 Å². The summed E-state index contributed by atoms with van der Waals surface area (Å²) in [4.78, 5) is 11.8. The molecule has 0 spiro atoms. The predicted molar refractivity (Wildman–Crippen MR) is 53.0 cm³/mol. The molecule has 4 saturated carbocycles. The number of alkyl halides is 2. The molecule has 4 aliphatic rings. The monoisotopic (exact) mass is 230 g/mol. The first kappa shape index (κ1) is 10.5. The number of rotatable bonds is 1. The van der Waals surface area contributed by atoms with Crippen molar-refractivity contribution in [1.82, 2.24) is 0 Å². The molecule has 4 heteroatoms. The standard InChI is InChI=1S/C12H16F2O2/c1-16-10(15)11-4-7-2-8(5-11)12(13,14)9(3-7)6-11/h7-9H,2-6H2,1H3/t7?,8-,9+,11?. The third kappa shape index (κ3) is 1.13. The molecule has 0 aromatic carbocycles. The SMILES string of the molecule is COC(=O)C12CC3C[C@H](C1)C(F)(F)[C@@H](C3)C2. The molecule has 4 aliphatic carbocycles. The molecule has 90 valence electrons. The van der Waals surface area contributed by atoms with E-state index in [0.717, 1.165) is 6.42 Å². The predicted octanol–water partition coefficient (Wildman–Crippen LogP) is 2.62. The minimum Gasteiger partial charge on any atom is -0.469 e. The Bertz CT molecular complexity index is 322. The fraction of sp³-hybridized carbons (Fsp3) is 0.917. The van der Waals surface area contributed by atoms with Crippen molar-refractivity contribution in [3.8, 4) is 0 Å². The summed E-state index contributed by atoms with van der Waals surface area (Å²) in [5, 5.41) is 0. The van der Waals surface area contributed by atoms with E-state index in [-0.39, 0.29) is 5.97 Å². The van der Waals surface area contributed by atoms with Crippen molar-refractivity contribution in [2.45, 2.75) is 38.0 Å². The number of methoxy groups -OCH3 is 1. The van der Waals surface area contributed by atoms with Crippen LogP contribution in [-0.4, -0.2) is 19.0 Å². The van der Waals surface area contributed by atoms with Crippen molar-refractivity contribution in [3.05, 3.63) is 0 Å². The van der Waals surface area contributed by atoms with E-state index in [4.69, 9.17) is 4.74 Å². The van der Waals surface area contributed by atoms with Crippen molar-refractivity contribution in [3.63, 3.8) is 0 Å². The number of carbonyl (C=O) groups excluding carboxylic acids is 1. The zero-order chi connectivity index (χ0) is 11.6. The molecule has 0 heterocycles. The van der Waals surface area contributed by atoms with E-state index in [0.29, 0.717) is 31.6 Å². The van der Waals surface area contributed by atoms with Crippen LogP contribution in [0.3, 0.4) is 0 Å². The molecule has 0 aromatic heterocycles. The molecule has 0 saturated heterocycles. The number of esters is 1. The second-order valence-electron chi connectivity index (χ2n) is 5.79. The van der Waals surface area contributed by atoms with E-state index in [2.05, 4.69) is 0 Å². The number of carbonyl (C=O) groups is 1. The Morgan fingerprint density at radius 1 is 1.19 bits per heavy atom. The fourth-order valence-corrected chi connectivity index (χ4v) is 4.37. The maximum atomic E-state index is 13.9. The van der Waals surface area contributed by atoms with Gasteiger partial charge in [0, 0.05) is 11.8 Å². The van der Waals surface area contributed by atoms with Gasteiger partial charge in [0.25, 0.3) is 5.92 Å². The van der Waals surface area contributed by atoms with Gasteiger partial charge in [-0.15, -0.1) is 0 Å². The van der Waals surface area contributed by atoms with Gasteiger partial charge in [0.05, 0.1) is 12.5 Å². The van der Waals surface area contributed by atoms with Gasteiger partial charge in [-0.2, -0.15) is 0 Å². The molecule has 0 N–H and O–H groups in total. The Morgan fingerprint density at radius 3 is 2.25 bits per heavy atom. The van der Waals surface area contributed by atoms with Crippen LogP contribution < -0.4 is 0 Å². The Balaban J connectivity index is 1.96. The molecule has 0 aliphatic heterocycles. The highest BCUT2D eigenvalue weighted by atomic mass is 19.3. The van der Waals surface area contributed by atoms with Crippen LogP contribution in [0.5, 0.6) is 0 Å². The highest BCUT2D eigenvalue weighted by molar-refractivity contribution is 5.77. The summed E-state index contributed by atoms with van der Waals surface area (Å²) in [5.41, 5.74) is -0.576. The largest absolute Gasteiger partial charge is 0.469 e. The summed E-state index contributed by atoms with van der Waals surface area (Å²) in [5.74, 6) is -3.66. The molecule has 16 heavy (non-hydrogen) atoms. The van der Waals surface area contributed by atoms with Crippen LogP contribution in [0.1, 0.15) is 32.1 Å². The van der Waals surface area contributed by atoms with E-state index >= 15 is 0 Å². The van der Waals surface area contributed by atoms with Crippen molar-refractivity contribution in [2.24, 2.45) is 23.2 Å². The van der Waals surface area contributed by atoms with Crippen LogP contribution in [0.2, 0.25) is 0 Å². The summed E-state index contributed by atoms with van der Waals surface area (Å²) in [6.07, 6.45) is 2.63. The second kappa shape index (κ2) is 2.96. The van der Waals surface area contributed by atoms with Gasteiger partial charge in [-0.3, -0.25) is 4.79 Å². The minimum absolute atomic E-state index is 0.262. The minimum atomic E-state index is -2.55. The van der Waals surface area contributed by atoms with Crippen LogP contribution in [0.15, 0.2) is 0 Å². The first-order valence-electron chi connectivity index (χ1n) is 5.94. The van der Waals surface area contributed by atoms with Crippen LogP contribution in [0.4, 0.5) is 8.78 Å². The molecule has 4 atom stereocenters. The van der Waals surface area contributed by atoms with Crippen LogP contribution in [0.25, 0.3) is 0 Å². The lowest BCUT2D eigenvalue weighted by Gasteiger charge is -2.58. The van der Waals surface area contributed by atoms with Crippen molar-refractivity contribution in [2.75, 3.05) is 7.11 Å². The first-order valence-corrected chi connectivity index (χ1v) is 5.94. The normalized spacial score (nSPS) is 48.1. The first-order chi connectivity index (χ1) is 7.48. The smallest absolute Gasteiger partial charge is 0.311 e. The van der Waals surface area contributed by atoms with E-state index < -0.39 is 23.2 Å². The number of ether oxygens (including phenoxy) is 1. The number of hydrogen-bond acceptors (Lipinski definition) is 2. The van der Waals surface area contributed by atoms with Gasteiger partial charge in [-0.1, -0.05) is 0 Å². The molecule has 2 unspecified atom stereocenters. The van der Waals surface area contributed by atoms with Crippen LogP contribution >= 0.6 is 0 Å². The Morgan fingerprint density at radius 2 is 1.75 bits per heavy atom.